The fraction of sp³-hybridized carbons (Fsp3) is 0. The summed E-state index contributed by atoms with van der Waals surface area (Å²) in [5, 5.41) is 19.1. The first-order valence-corrected chi connectivity index (χ1v) is 3.94. The Hall–Kier alpha value is -2.31. The van der Waals surface area contributed by atoms with Crippen molar-refractivity contribution in [3.8, 4) is 5.69 Å². The Labute approximate surface area is 83.0 Å². The molecular weight excluding hydrogens is 203 g/mol. The number of benzene rings is 1. The van der Waals surface area contributed by atoms with Gasteiger partial charge in [0.15, 0.2) is 0 Å². The molecule has 0 atom stereocenters. The molecule has 1 N–H and O–H groups in total. The quantitative estimate of drug-likeness (QED) is 0.777. The van der Waals surface area contributed by atoms with Crippen LogP contribution in [0.1, 0.15) is 10.4 Å². The number of rotatable bonds is 2. The minimum absolute atomic E-state index is 0.192. The molecule has 15 heavy (non-hydrogen) atoms. The van der Waals surface area contributed by atoms with Crippen molar-refractivity contribution in [3.05, 3.63) is 35.9 Å². The van der Waals surface area contributed by atoms with Gasteiger partial charge >= 0.3 is 5.97 Å². The molecule has 2 rings (SSSR count). The second kappa shape index (κ2) is 3.45. The molecule has 0 unspecified atom stereocenters. The van der Waals surface area contributed by atoms with Crippen LogP contribution in [0.3, 0.4) is 0 Å². The summed E-state index contributed by atoms with van der Waals surface area (Å²) in [7, 11) is 0. The summed E-state index contributed by atoms with van der Waals surface area (Å²) in [6, 6.07) is 3.36. The van der Waals surface area contributed by atoms with Crippen LogP contribution in [0.15, 0.2) is 24.5 Å². The number of aromatic carboxylic acids is 1. The lowest BCUT2D eigenvalue weighted by Crippen LogP contribution is -2.06. The van der Waals surface area contributed by atoms with Gasteiger partial charge in [-0.15, -0.1) is 5.10 Å². The minimum atomic E-state index is -1.24. The standard InChI is InChI=1S/C8H5FN4O2/c9-5-1-2-7(6(3-5)8(14)15)13-4-10-11-12-13/h1-4H,(H,14,15). The zero-order chi connectivity index (χ0) is 10.8. The minimum Gasteiger partial charge on any atom is -0.478 e. The average Bonchev–Trinajstić information content (AvgIpc) is 2.70. The summed E-state index contributed by atoms with van der Waals surface area (Å²) in [5.41, 5.74) is 0.0243. The lowest BCUT2D eigenvalue weighted by atomic mass is 10.2. The molecule has 6 nitrogen and oxygen atoms in total. The Bertz CT molecular complexity index is 497. The van der Waals surface area contributed by atoms with Crippen LogP contribution in [-0.4, -0.2) is 31.3 Å². The van der Waals surface area contributed by atoms with Gasteiger partial charge in [0.25, 0.3) is 0 Å². The molecule has 0 radical (unpaired) electrons. The third-order valence-corrected chi connectivity index (χ3v) is 1.78. The zero-order valence-corrected chi connectivity index (χ0v) is 7.33. The first-order valence-electron chi connectivity index (χ1n) is 3.94. The second-order valence-electron chi connectivity index (χ2n) is 2.72. The maximum Gasteiger partial charge on any atom is 0.338 e. The largest absolute Gasteiger partial charge is 0.478 e. The lowest BCUT2D eigenvalue weighted by molar-refractivity contribution is 0.0696. The van der Waals surface area contributed by atoms with Crippen LogP contribution in [0.4, 0.5) is 4.39 Å². The van der Waals surface area contributed by atoms with Crippen molar-refractivity contribution in [1.29, 1.82) is 0 Å². The van der Waals surface area contributed by atoms with Gasteiger partial charge in [0.2, 0.25) is 0 Å². The molecule has 0 saturated heterocycles. The highest BCUT2D eigenvalue weighted by Crippen LogP contribution is 2.14. The summed E-state index contributed by atoms with van der Waals surface area (Å²) in [4.78, 5) is 10.8. The van der Waals surface area contributed by atoms with Gasteiger partial charge in [0.1, 0.15) is 12.1 Å². The van der Waals surface area contributed by atoms with E-state index >= 15 is 0 Å². The van der Waals surface area contributed by atoms with Gasteiger partial charge in [-0.1, -0.05) is 0 Å². The lowest BCUT2D eigenvalue weighted by Gasteiger charge is -2.03. The number of hydrogen-bond donors (Lipinski definition) is 1. The predicted molar refractivity (Wildman–Crippen MR) is 46.1 cm³/mol. The molecule has 2 aromatic rings. The van der Waals surface area contributed by atoms with Gasteiger partial charge in [-0.05, 0) is 28.6 Å². The first kappa shape index (κ1) is 9.25. The van der Waals surface area contributed by atoms with Gasteiger partial charge in [-0.3, -0.25) is 0 Å². The van der Waals surface area contributed by atoms with Crippen LogP contribution >= 0.6 is 0 Å². The highest BCUT2D eigenvalue weighted by atomic mass is 19.1. The fourth-order valence-corrected chi connectivity index (χ4v) is 1.15. The number of nitrogens with zero attached hydrogens (tertiary/aromatic N) is 4. The predicted octanol–water partition coefficient (Wildman–Crippen LogP) is 0.500. The van der Waals surface area contributed by atoms with Gasteiger partial charge < -0.3 is 5.11 Å². The Kier molecular flexibility index (Phi) is 2.13. The van der Waals surface area contributed by atoms with E-state index in [1.807, 2.05) is 0 Å². The van der Waals surface area contributed by atoms with E-state index in [4.69, 9.17) is 5.11 Å². The van der Waals surface area contributed by atoms with E-state index in [1.165, 1.54) is 12.4 Å². The van der Waals surface area contributed by atoms with E-state index in [9.17, 15) is 9.18 Å². The monoisotopic (exact) mass is 208 g/mol. The molecule has 0 aliphatic rings. The summed E-state index contributed by atoms with van der Waals surface area (Å²) < 4.78 is 14.0. The number of carboxylic acids is 1. The maximum atomic E-state index is 12.8. The van der Waals surface area contributed by atoms with Gasteiger partial charge in [0.05, 0.1) is 11.3 Å². The van der Waals surface area contributed by atoms with Crippen molar-refractivity contribution < 1.29 is 14.3 Å². The van der Waals surface area contributed by atoms with Crippen LogP contribution in [0.2, 0.25) is 0 Å². The summed E-state index contributed by atoms with van der Waals surface area (Å²) in [6.07, 6.45) is 1.24. The zero-order valence-electron chi connectivity index (χ0n) is 7.33. The van der Waals surface area contributed by atoms with E-state index in [2.05, 4.69) is 15.5 Å². The molecule has 1 aromatic heterocycles. The number of carbonyl (C=O) groups is 1. The molecule has 0 saturated carbocycles. The molecule has 0 spiro atoms. The third-order valence-electron chi connectivity index (χ3n) is 1.78. The fourth-order valence-electron chi connectivity index (χ4n) is 1.15. The van der Waals surface area contributed by atoms with Crippen molar-refractivity contribution in [2.45, 2.75) is 0 Å². The Morgan fingerprint density at radius 2 is 2.27 bits per heavy atom. The number of hydrogen-bond acceptors (Lipinski definition) is 4. The van der Waals surface area contributed by atoms with Crippen molar-refractivity contribution in [2.24, 2.45) is 0 Å². The van der Waals surface area contributed by atoms with Crippen LogP contribution in [0.25, 0.3) is 5.69 Å². The van der Waals surface area contributed by atoms with Crippen LogP contribution < -0.4 is 0 Å². The number of halogens is 1. The highest BCUT2D eigenvalue weighted by molar-refractivity contribution is 5.91. The summed E-state index contributed by atoms with van der Waals surface area (Å²) >= 11 is 0. The summed E-state index contributed by atoms with van der Waals surface area (Å²) in [6.45, 7) is 0. The maximum absolute atomic E-state index is 12.8. The van der Waals surface area contributed by atoms with Gasteiger partial charge in [-0.2, -0.15) is 4.68 Å². The smallest absolute Gasteiger partial charge is 0.338 e. The topological polar surface area (TPSA) is 80.9 Å². The average molecular weight is 208 g/mol. The van der Waals surface area contributed by atoms with Crippen molar-refractivity contribution in [1.82, 2.24) is 20.2 Å². The van der Waals surface area contributed by atoms with Crippen LogP contribution in [-0.2, 0) is 0 Å². The van der Waals surface area contributed by atoms with Gasteiger partial charge in [0, 0.05) is 0 Å². The molecule has 0 amide bonds. The SMILES string of the molecule is O=C(O)c1cc(F)ccc1-n1cnnn1. The molecule has 1 aromatic carbocycles. The normalized spacial score (nSPS) is 10.2. The van der Waals surface area contributed by atoms with E-state index < -0.39 is 11.8 Å². The van der Waals surface area contributed by atoms with Crippen molar-refractivity contribution >= 4 is 5.97 Å². The van der Waals surface area contributed by atoms with Crippen molar-refractivity contribution in [2.75, 3.05) is 0 Å². The molecule has 0 aliphatic heterocycles. The van der Waals surface area contributed by atoms with Gasteiger partial charge in [-0.25, -0.2) is 9.18 Å². The van der Waals surface area contributed by atoms with E-state index in [-0.39, 0.29) is 11.3 Å². The molecule has 7 heteroatoms. The molecule has 0 fully saturated rings. The molecule has 76 valence electrons. The van der Waals surface area contributed by atoms with Crippen molar-refractivity contribution in [3.63, 3.8) is 0 Å². The Balaban J connectivity index is 2.61. The number of aromatic nitrogens is 4. The number of tetrazole rings is 1. The Morgan fingerprint density at radius 1 is 1.47 bits per heavy atom. The molecular formula is C8H5FN4O2. The molecule has 1 heterocycles. The molecule has 0 bridgehead atoms. The third kappa shape index (κ3) is 1.66. The molecule has 0 aliphatic carbocycles. The summed E-state index contributed by atoms with van der Waals surface area (Å²) in [5.74, 6) is -1.86. The van der Waals surface area contributed by atoms with E-state index in [1.54, 1.807) is 0 Å². The van der Waals surface area contributed by atoms with E-state index in [0.717, 1.165) is 16.8 Å². The first-order chi connectivity index (χ1) is 7.18. The van der Waals surface area contributed by atoms with E-state index in [0.29, 0.717) is 0 Å². The van der Waals surface area contributed by atoms with Crippen LogP contribution in [0, 0.1) is 5.82 Å². The Morgan fingerprint density at radius 3 is 2.87 bits per heavy atom. The van der Waals surface area contributed by atoms with Crippen LogP contribution in [0.5, 0.6) is 0 Å². The highest BCUT2D eigenvalue weighted by Gasteiger charge is 2.13. The second-order valence-corrected chi connectivity index (χ2v) is 2.72. The number of carboxylic acid groups (broad SMARTS) is 1.